The Bertz CT molecular complexity index is 315. The van der Waals surface area contributed by atoms with E-state index in [1.165, 1.54) is 12.4 Å². The molecule has 0 radical (unpaired) electrons. The Morgan fingerprint density at radius 1 is 0.917 bits per heavy atom. The SMILES string of the molecule is C(=Cc1cnon1)c1cnon1. The molecule has 2 aromatic rings. The molecule has 0 aliphatic heterocycles. The van der Waals surface area contributed by atoms with E-state index in [1.807, 2.05) is 0 Å². The van der Waals surface area contributed by atoms with E-state index in [0.717, 1.165) is 0 Å². The third-order valence-electron chi connectivity index (χ3n) is 1.18. The second-order valence-corrected chi connectivity index (χ2v) is 2.00. The molecule has 6 nitrogen and oxygen atoms in total. The van der Waals surface area contributed by atoms with Crippen molar-refractivity contribution in [2.75, 3.05) is 0 Å². The summed E-state index contributed by atoms with van der Waals surface area (Å²) < 4.78 is 8.75. The maximum Gasteiger partial charge on any atom is 0.127 e. The van der Waals surface area contributed by atoms with Gasteiger partial charge in [0, 0.05) is 0 Å². The Balaban J connectivity index is 2.14. The maximum absolute atomic E-state index is 4.37. The van der Waals surface area contributed by atoms with Gasteiger partial charge < -0.3 is 0 Å². The van der Waals surface area contributed by atoms with E-state index in [0.29, 0.717) is 11.4 Å². The molecule has 0 amide bonds. The summed E-state index contributed by atoms with van der Waals surface area (Å²) in [5, 5.41) is 14.0. The highest BCUT2D eigenvalue weighted by Gasteiger charge is 1.93. The van der Waals surface area contributed by atoms with Gasteiger partial charge in [0.2, 0.25) is 0 Å². The summed E-state index contributed by atoms with van der Waals surface area (Å²) >= 11 is 0. The summed E-state index contributed by atoms with van der Waals surface area (Å²) in [6.45, 7) is 0. The predicted molar refractivity (Wildman–Crippen MR) is 37.5 cm³/mol. The number of aromatic nitrogens is 4. The van der Waals surface area contributed by atoms with E-state index in [9.17, 15) is 0 Å². The normalized spacial score (nSPS) is 11.0. The number of hydrogen-bond acceptors (Lipinski definition) is 6. The van der Waals surface area contributed by atoms with Gasteiger partial charge in [0.15, 0.2) is 0 Å². The van der Waals surface area contributed by atoms with E-state index in [1.54, 1.807) is 12.2 Å². The van der Waals surface area contributed by atoms with Gasteiger partial charge in [0.05, 0.1) is 12.4 Å². The molecule has 0 saturated carbocycles. The van der Waals surface area contributed by atoms with E-state index >= 15 is 0 Å². The molecule has 0 spiro atoms. The Morgan fingerprint density at radius 3 is 1.75 bits per heavy atom. The van der Waals surface area contributed by atoms with Crippen molar-refractivity contribution >= 4 is 12.2 Å². The average molecular weight is 164 g/mol. The Kier molecular flexibility index (Phi) is 1.65. The molecule has 0 atom stereocenters. The van der Waals surface area contributed by atoms with Crippen molar-refractivity contribution in [1.82, 2.24) is 20.6 Å². The van der Waals surface area contributed by atoms with Gasteiger partial charge >= 0.3 is 0 Å². The van der Waals surface area contributed by atoms with Crippen molar-refractivity contribution in [3.05, 3.63) is 23.8 Å². The summed E-state index contributed by atoms with van der Waals surface area (Å²) in [6.07, 6.45) is 6.36. The predicted octanol–water partition coefficient (Wildman–Crippen LogP) is 0.623. The fourth-order valence-corrected chi connectivity index (χ4v) is 0.661. The highest BCUT2D eigenvalue weighted by Crippen LogP contribution is 2.00. The molecule has 0 unspecified atom stereocenters. The van der Waals surface area contributed by atoms with Crippen molar-refractivity contribution in [2.45, 2.75) is 0 Å². The first-order valence-electron chi connectivity index (χ1n) is 3.18. The zero-order valence-corrected chi connectivity index (χ0v) is 5.91. The van der Waals surface area contributed by atoms with Crippen LogP contribution in [0.2, 0.25) is 0 Å². The number of rotatable bonds is 2. The minimum absolute atomic E-state index is 0.623. The molecule has 12 heavy (non-hydrogen) atoms. The first kappa shape index (κ1) is 6.71. The first-order valence-corrected chi connectivity index (χ1v) is 3.18. The maximum atomic E-state index is 4.37. The zero-order valence-electron chi connectivity index (χ0n) is 5.91. The first-order chi connectivity index (χ1) is 5.95. The Morgan fingerprint density at radius 2 is 1.42 bits per heavy atom. The van der Waals surface area contributed by atoms with Crippen molar-refractivity contribution in [2.24, 2.45) is 0 Å². The van der Waals surface area contributed by atoms with E-state index in [4.69, 9.17) is 0 Å². The third-order valence-corrected chi connectivity index (χ3v) is 1.18. The standard InChI is InChI=1S/C6H4N4O2/c1(5-3-7-11-9-5)2-6-4-8-12-10-6/h1-4H. The zero-order chi connectivity index (χ0) is 8.23. The molecule has 2 heterocycles. The van der Waals surface area contributed by atoms with Crippen LogP contribution in [-0.2, 0) is 0 Å². The molecule has 60 valence electrons. The van der Waals surface area contributed by atoms with Crippen molar-refractivity contribution in [1.29, 1.82) is 0 Å². The lowest BCUT2D eigenvalue weighted by atomic mass is 10.3. The van der Waals surface area contributed by atoms with Gasteiger partial charge in [-0.15, -0.1) is 0 Å². The van der Waals surface area contributed by atoms with Crippen molar-refractivity contribution in [3.8, 4) is 0 Å². The minimum atomic E-state index is 0.623. The number of nitrogens with zero attached hydrogens (tertiary/aromatic N) is 4. The molecule has 0 saturated heterocycles. The smallest absolute Gasteiger partial charge is 0.127 e. The van der Waals surface area contributed by atoms with Crippen LogP contribution in [0.5, 0.6) is 0 Å². The van der Waals surface area contributed by atoms with Gasteiger partial charge in [-0.3, -0.25) is 0 Å². The molecule has 0 aliphatic rings. The molecule has 0 aliphatic carbocycles. The van der Waals surface area contributed by atoms with Crippen LogP contribution in [0, 0.1) is 0 Å². The topological polar surface area (TPSA) is 77.8 Å². The van der Waals surface area contributed by atoms with Gasteiger partial charge in [-0.2, -0.15) is 0 Å². The van der Waals surface area contributed by atoms with Crippen LogP contribution in [0.1, 0.15) is 11.4 Å². The largest absolute Gasteiger partial charge is 0.244 e. The second kappa shape index (κ2) is 2.95. The fourth-order valence-electron chi connectivity index (χ4n) is 0.661. The Hall–Kier alpha value is -1.98. The Labute approximate surface area is 66.8 Å². The van der Waals surface area contributed by atoms with Crippen LogP contribution in [-0.4, -0.2) is 20.6 Å². The fraction of sp³-hybridized carbons (Fsp3) is 0. The van der Waals surface area contributed by atoms with Crippen molar-refractivity contribution in [3.63, 3.8) is 0 Å². The summed E-state index contributed by atoms with van der Waals surface area (Å²) in [4.78, 5) is 0. The molecule has 2 rings (SSSR count). The number of hydrogen-bond donors (Lipinski definition) is 0. The van der Waals surface area contributed by atoms with E-state index < -0.39 is 0 Å². The van der Waals surface area contributed by atoms with Crippen LogP contribution in [0.15, 0.2) is 21.7 Å². The van der Waals surface area contributed by atoms with Crippen LogP contribution >= 0.6 is 0 Å². The summed E-state index contributed by atoms with van der Waals surface area (Å²) in [5.41, 5.74) is 1.25. The van der Waals surface area contributed by atoms with Crippen LogP contribution < -0.4 is 0 Å². The molecule has 0 bridgehead atoms. The van der Waals surface area contributed by atoms with Crippen LogP contribution in [0.3, 0.4) is 0 Å². The lowest BCUT2D eigenvalue weighted by molar-refractivity contribution is 0.306. The third kappa shape index (κ3) is 1.36. The monoisotopic (exact) mass is 164 g/mol. The molecule has 6 heteroatoms. The molecule has 0 fully saturated rings. The summed E-state index contributed by atoms with van der Waals surface area (Å²) in [5.74, 6) is 0. The average Bonchev–Trinajstić information content (AvgIpc) is 2.74. The molecular weight excluding hydrogens is 160 g/mol. The highest BCUT2D eigenvalue weighted by molar-refractivity contribution is 5.64. The van der Waals surface area contributed by atoms with E-state index in [2.05, 4.69) is 29.9 Å². The second-order valence-electron chi connectivity index (χ2n) is 2.00. The van der Waals surface area contributed by atoms with Gasteiger partial charge in [0.1, 0.15) is 11.4 Å². The van der Waals surface area contributed by atoms with Gasteiger partial charge in [-0.05, 0) is 12.2 Å². The summed E-state index contributed by atoms with van der Waals surface area (Å²) in [6, 6.07) is 0. The van der Waals surface area contributed by atoms with Crippen LogP contribution in [0.4, 0.5) is 0 Å². The minimum Gasteiger partial charge on any atom is -0.244 e. The van der Waals surface area contributed by atoms with Gasteiger partial charge in [0.25, 0.3) is 0 Å². The highest BCUT2D eigenvalue weighted by atomic mass is 16.6. The molecular formula is C6H4N4O2. The quantitative estimate of drug-likeness (QED) is 0.647. The summed E-state index contributed by atoms with van der Waals surface area (Å²) in [7, 11) is 0. The lowest BCUT2D eigenvalue weighted by Crippen LogP contribution is -1.69. The lowest BCUT2D eigenvalue weighted by Gasteiger charge is -1.75. The van der Waals surface area contributed by atoms with Crippen LogP contribution in [0.25, 0.3) is 12.2 Å². The van der Waals surface area contributed by atoms with E-state index in [-0.39, 0.29) is 0 Å². The molecule has 2 aromatic heterocycles. The van der Waals surface area contributed by atoms with Gasteiger partial charge in [-0.1, -0.05) is 20.6 Å². The van der Waals surface area contributed by atoms with Gasteiger partial charge in [-0.25, -0.2) is 9.26 Å². The van der Waals surface area contributed by atoms with Crippen molar-refractivity contribution < 1.29 is 9.26 Å². The molecule has 0 aromatic carbocycles. The molecule has 0 N–H and O–H groups in total.